The van der Waals surface area contributed by atoms with E-state index in [0.29, 0.717) is 30.8 Å². The van der Waals surface area contributed by atoms with Crippen molar-refractivity contribution in [2.45, 2.75) is 50.6 Å². The maximum atomic E-state index is 13.1. The minimum absolute atomic E-state index is 0.151. The molecular weight excluding hydrogens is 441 g/mol. The number of hydrogen-bond acceptors (Lipinski definition) is 4. The van der Waals surface area contributed by atoms with Crippen molar-refractivity contribution in [3.05, 3.63) is 46.6 Å². The molecule has 0 bridgehead atoms. The summed E-state index contributed by atoms with van der Waals surface area (Å²) < 4.78 is 45.1. The number of hydrogen-bond donors (Lipinski definition) is 0. The number of halogens is 4. The van der Waals surface area contributed by atoms with Crippen molar-refractivity contribution < 1.29 is 17.9 Å². The number of amidine groups is 1. The molecule has 0 radical (unpaired) electrons. The van der Waals surface area contributed by atoms with Crippen LogP contribution in [0.4, 0.5) is 13.2 Å². The van der Waals surface area contributed by atoms with E-state index in [1.165, 1.54) is 12.6 Å². The number of nitrogens with zero attached hydrogens (tertiary/aromatic N) is 4. The van der Waals surface area contributed by atoms with Crippen molar-refractivity contribution in [3.63, 3.8) is 0 Å². The smallest absolute Gasteiger partial charge is 0.376 e. The van der Waals surface area contributed by atoms with Gasteiger partial charge in [0.2, 0.25) is 0 Å². The lowest BCUT2D eigenvalue weighted by atomic mass is 9.96. The van der Waals surface area contributed by atoms with Gasteiger partial charge in [0, 0.05) is 49.9 Å². The summed E-state index contributed by atoms with van der Waals surface area (Å²) in [7, 11) is 1.50. The zero-order valence-corrected chi connectivity index (χ0v) is 19.2. The fourth-order valence-corrected chi connectivity index (χ4v) is 4.57. The predicted octanol–water partition coefficient (Wildman–Crippen LogP) is 4.61. The minimum atomic E-state index is -4.55. The largest absolute Gasteiger partial charge is 0.433 e. The fourth-order valence-electron chi connectivity index (χ4n) is 4.45. The number of piperidine rings is 1. The van der Waals surface area contributed by atoms with Crippen LogP contribution in [0.2, 0.25) is 5.02 Å². The molecule has 2 aliphatic heterocycles. The summed E-state index contributed by atoms with van der Waals surface area (Å²) in [6, 6.07) is 8.49. The number of benzene rings is 1. The predicted molar refractivity (Wildman–Crippen MR) is 123 cm³/mol. The molecule has 1 aromatic carbocycles. The van der Waals surface area contributed by atoms with Gasteiger partial charge in [0.05, 0.1) is 12.7 Å². The molecule has 2 heterocycles. The van der Waals surface area contributed by atoms with Gasteiger partial charge in [-0.05, 0) is 50.6 Å². The normalized spacial score (nSPS) is 24.6. The van der Waals surface area contributed by atoms with Crippen molar-refractivity contribution >= 4 is 24.2 Å². The van der Waals surface area contributed by atoms with Crippen LogP contribution in [0.3, 0.4) is 0 Å². The highest BCUT2D eigenvalue weighted by molar-refractivity contribution is 6.30. The highest BCUT2D eigenvalue weighted by Gasteiger charge is 2.36. The monoisotopic (exact) mass is 470 g/mol. The first-order valence-electron chi connectivity index (χ1n) is 10.8. The second-order valence-corrected chi connectivity index (χ2v) is 8.75. The highest BCUT2D eigenvalue weighted by Crippen LogP contribution is 2.28. The Labute approximate surface area is 192 Å². The van der Waals surface area contributed by atoms with E-state index in [0.717, 1.165) is 31.9 Å². The van der Waals surface area contributed by atoms with E-state index in [2.05, 4.69) is 28.5 Å². The van der Waals surface area contributed by atoms with Gasteiger partial charge in [-0.3, -0.25) is 14.9 Å². The maximum Gasteiger partial charge on any atom is 0.433 e. The van der Waals surface area contributed by atoms with Crippen LogP contribution in [0, 0.1) is 0 Å². The molecule has 0 N–H and O–H groups in total. The molecule has 0 spiro atoms. The first kappa shape index (κ1) is 24.7. The van der Waals surface area contributed by atoms with E-state index < -0.39 is 11.9 Å². The molecule has 2 aliphatic rings. The Bertz CT molecular complexity index is 833. The van der Waals surface area contributed by atoms with E-state index in [1.807, 2.05) is 29.2 Å². The van der Waals surface area contributed by atoms with Crippen molar-refractivity contribution in [3.8, 4) is 0 Å². The Morgan fingerprint density at radius 1 is 1.25 bits per heavy atom. The summed E-state index contributed by atoms with van der Waals surface area (Å²) in [5, 5.41) is 0.717. The molecule has 0 aliphatic carbocycles. The van der Waals surface area contributed by atoms with Crippen LogP contribution in [0.1, 0.15) is 25.3 Å². The minimum Gasteiger partial charge on any atom is -0.376 e. The number of ether oxygens (including phenoxy) is 1. The molecule has 0 unspecified atom stereocenters. The number of rotatable bonds is 5. The second-order valence-electron chi connectivity index (χ2n) is 8.31. The number of likely N-dealkylation sites (tertiary alicyclic amines) is 1. The van der Waals surface area contributed by atoms with E-state index in [-0.39, 0.29) is 18.0 Å². The van der Waals surface area contributed by atoms with Crippen molar-refractivity contribution in [1.29, 1.82) is 0 Å². The number of aliphatic imine (C=N–C) groups is 2. The van der Waals surface area contributed by atoms with Gasteiger partial charge in [-0.2, -0.15) is 13.2 Å². The lowest BCUT2D eigenvalue weighted by Crippen LogP contribution is -2.57. The molecular formula is C23H30ClF3N4O. The molecule has 1 aromatic rings. The van der Waals surface area contributed by atoms with Crippen LogP contribution >= 0.6 is 11.6 Å². The van der Waals surface area contributed by atoms with E-state index in [9.17, 15) is 13.2 Å². The van der Waals surface area contributed by atoms with Crippen molar-refractivity contribution in [2.75, 3.05) is 33.3 Å². The second kappa shape index (κ2) is 10.8. The van der Waals surface area contributed by atoms with Crippen LogP contribution < -0.4 is 0 Å². The van der Waals surface area contributed by atoms with Crippen molar-refractivity contribution in [1.82, 2.24) is 9.80 Å². The van der Waals surface area contributed by atoms with Crippen LogP contribution in [0.25, 0.3) is 0 Å². The van der Waals surface area contributed by atoms with Gasteiger partial charge in [0.25, 0.3) is 0 Å². The van der Waals surface area contributed by atoms with Gasteiger partial charge in [-0.25, -0.2) is 0 Å². The molecule has 5 nitrogen and oxygen atoms in total. The molecule has 0 aromatic heterocycles. The zero-order valence-electron chi connectivity index (χ0n) is 18.5. The number of alkyl halides is 3. The zero-order chi connectivity index (χ0) is 23.3. The molecule has 32 heavy (non-hydrogen) atoms. The average molecular weight is 471 g/mol. The van der Waals surface area contributed by atoms with Gasteiger partial charge in [-0.15, -0.1) is 0 Å². The number of allylic oxidation sites excluding steroid dienone is 1. The average Bonchev–Trinajstić information content (AvgIpc) is 2.76. The van der Waals surface area contributed by atoms with Gasteiger partial charge >= 0.3 is 6.18 Å². The van der Waals surface area contributed by atoms with E-state index in [4.69, 9.17) is 16.3 Å². The molecule has 0 saturated carbocycles. The quantitative estimate of drug-likeness (QED) is 0.466. The van der Waals surface area contributed by atoms with E-state index in [1.54, 1.807) is 0 Å². The van der Waals surface area contributed by atoms with Gasteiger partial charge in [-0.1, -0.05) is 23.7 Å². The summed E-state index contributed by atoms with van der Waals surface area (Å²) in [4.78, 5) is 11.6. The molecule has 2 saturated heterocycles. The Morgan fingerprint density at radius 2 is 1.91 bits per heavy atom. The van der Waals surface area contributed by atoms with Crippen LogP contribution in [-0.2, 0) is 11.2 Å². The molecule has 2 fully saturated rings. The Kier molecular flexibility index (Phi) is 8.36. The van der Waals surface area contributed by atoms with Crippen LogP contribution in [-0.4, -0.2) is 80.0 Å². The lowest BCUT2D eigenvalue weighted by Gasteiger charge is -2.46. The summed E-state index contributed by atoms with van der Waals surface area (Å²) in [6.45, 7) is 7.90. The fraction of sp³-hybridized carbons (Fsp3) is 0.565. The van der Waals surface area contributed by atoms with Crippen molar-refractivity contribution in [2.24, 2.45) is 9.98 Å². The molecule has 2 atom stereocenters. The SMILES string of the molecule is C=N/C(=C\C(=N/C)N1CCC(N2C[C@H](C)OC[C@@H]2Cc2ccc(Cl)cc2)CC1)C(F)(F)F. The standard InChI is InChI=1S/C23H30ClF3N4O/c1-16-14-31(20(15-32-16)12-17-4-6-18(24)7-5-17)19-8-10-30(11-9-19)22(29-3)13-21(28-2)23(25,26)27/h4-7,13,16,19-20H,2,8-12,14-15H2,1,3H3/b21-13-,29-22+/t16-,20-/m0/s1. The summed E-state index contributed by atoms with van der Waals surface area (Å²) in [5.74, 6) is 0.288. The molecule has 176 valence electrons. The first-order valence-corrected chi connectivity index (χ1v) is 11.2. The van der Waals surface area contributed by atoms with Crippen LogP contribution in [0.5, 0.6) is 0 Å². The third-order valence-electron chi connectivity index (χ3n) is 6.11. The topological polar surface area (TPSA) is 40.4 Å². The third kappa shape index (κ3) is 6.33. The third-order valence-corrected chi connectivity index (χ3v) is 6.36. The van der Waals surface area contributed by atoms with Crippen LogP contribution in [0.15, 0.2) is 46.0 Å². The maximum absolute atomic E-state index is 13.1. The molecule has 9 heteroatoms. The van der Waals surface area contributed by atoms with Gasteiger partial charge in [0.15, 0.2) is 0 Å². The van der Waals surface area contributed by atoms with E-state index >= 15 is 0 Å². The Balaban J connectivity index is 1.66. The summed E-state index contributed by atoms with van der Waals surface area (Å²) in [5.41, 5.74) is 0.187. The first-order chi connectivity index (χ1) is 15.2. The Hall–Kier alpha value is -1.90. The number of morpholine rings is 1. The Morgan fingerprint density at radius 3 is 2.47 bits per heavy atom. The summed E-state index contributed by atoms with van der Waals surface area (Å²) >= 11 is 6.02. The van der Waals surface area contributed by atoms with Gasteiger partial charge < -0.3 is 9.64 Å². The lowest BCUT2D eigenvalue weighted by molar-refractivity contribution is -0.0921. The summed E-state index contributed by atoms with van der Waals surface area (Å²) in [6.07, 6.45) is -0.853. The highest BCUT2D eigenvalue weighted by atomic mass is 35.5. The van der Waals surface area contributed by atoms with Gasteiger partial charge in [0.1, 0.15) is 11.5 Å². The molecule has 0 amide bonds. The molecule has 3 rings (SSSR count).